The zero-order chi connectivity index (χ0) is 28.4. The minimum absolute atomic E-state index is 0.0910. The van der Waals surface area contributed by atoms with Crippen molar-refractivity contribution >= 4 is 63.0 Å². The second kappa shape index (κ2) is 14.5. The molecule has 0 spiro atoms. The molecular formula is C27H25BrClF3N4O2S. The van der Waals surface area contributed by atoms with Gasteiger partial charge in [0.2, 0.25) is 0 Å². The second-order valence-corrected chi connectivity index (χ2v) is 10.9. The summed E-state index contributed by atoms with van der Waals surface area (Å²) in [4.78, 5) is 25.7. The van der Waals surface area contributed by atoms with E-state index in [4.69, 9.17) is 11.6 Å². The molecule has 0 fully saturated rings. The lowest BCUT2D eigenvalue weighted by atomic mass is 10.1. The predicted molar refractivity (Wildman–Crippen MR) is 155 cm³/mol. The van der Waals surface area contributed by atoms with E-state index < -0.39 is 28.6 Å². The van der Waals surface area contributed by atoms with Gasteiger partial charge in [-0.3, -0.25) is 9.59 Å². The number of benzene rings is 3. The number of amides is 2. The fourth-order valence-corrected chi connectivity index (χ4v) is 4.53. The lowest BCUT2D eigenvalue weighted by Gasteiger charge is -2.11. The topological polar surface area (TPSA) is 82.6 Å². The van der Waals surface area contributed by atoms with E-state index >= 15 is 0 Å². The number of alkyl halides is 3. The lowest BCUT2D eigenvalue weighted by molar-refractivity contribution is -0.137. The average Bonchev–Trinajstić information content (AvgIpc) is 2.90. The van der Waals surface area contributed by atoms with Gasteiger partial charge in [0.05, 0.1) is 28.1 Å². The first kappa shape index (κ1) is 30.7. The summed E-state index contributed by atoms with van der Waals surface area (Å²) >= 11 is 10.8. The molecule has 0 aliphatic rings. The Morgan fingerprint density at radius 2 is 1.79 bits per heavy atom. The van der Waals surface area contributed by atoms with Crippen LogP contribution in [0.5, 0.6) is 0 Å². The molecule has 3 N–H and O–H groups in total. The fraction of sp³-hybridized carbons (Fsp3) is 0.222. The van der Waals surface area contributed by atoms with Crippen molar-refractivity contribution in [3.63, 3.8) is 0 Å². The van der Waals surface area contributed by atoms with Crippen molar-refractivity contribution in [1.29, 1.82) is 0 Å². The third kappa shape index (κ3) is 9.38. The highest BCUT2D eigenvalue weighted by atomic mass is 79.9. The Bertz CT molecular complexity index is 1340. The molecule has 39 heavy (non-hydrogen) atoms. The molecule has 6 nitrogen and oxygen atoms in total. The molecule has 206 valence electrons. The van der Waals surface area contributed by atoms with Crippen LogP contribution in [0.1, 0.15) is 44.3 Å². The van der Waals surface area contributed by atoms with Crippen molar-refractivity contribution in [2.75, 3.05) is 23.4 Å². The quantitative estimate of drug-likeness (QED) is 0.120. The Morgan fingerprint density at radius 3 is 2.49 bits per heavy atom. The van der Waals surface area contributed by atoms with E-state index in [1.54, 1.807) is 24.3 Å². The molecule has 0 saturated heterocycles. The normalized spacial score (nSPS) is 11.5. The number of hydrogen-bond donors (Lipinski definition) is 3. The highest BCUT2D eigenvalue weighted by molar-refractivity contribution is 9.10. The summed E-state index contributed by atoms with van der Waals surface area (Å²) in [5.74, 6) is 1.03. The van der Waals surface area contributed by atoms with Crippen molar-refractivity contribution in [1.82, 2.24) is 10.7 Å². The minimum Gasteiger partial charge on any atom is -0.321 e. The number of nitrogens with zero attached hydrogens (tertiary/aromatic N) is 1. The first-order chi connectivity index (χ1) is 18.6. The summed E-state index contributed by atoms with van der Waals surface area (Å²) in [5, 5.41) is 9.40. The summed E-state index contributed by atoms with van der Waals surface area (Å²) in [6, 6.07) is 15.1. The zero-order valence-electron chi connectivity index (χ0n) is 20.7. The molecule has 0 heterocycles. The van der Waals surface area contributed by atoms with E-state index in [1.165, 1.54) is 12.1 Å². The Kier molecular flexibility index (Phi) is 11.4. The largest absolute Gasteiger partial charge is 0.417 e. The van der Waals surface area contributed by atoms with Gasteiger partial charge in [-0.1, -0.05) is 52.7 Å². The van der Waals surface area contributed by atoms with Gasteiger partial charge in [-0.15, -0.1) is 0 Å². The van der Waals surface area contributed by atoms with Gasteiger partial charge >= 0.3 is 6.18 Å². The molecule has 2 amide bonds. The van der Waals surface area contributed by atoms with Gasteiger partial charge in [0, 0.05) is 28.9 Å². The number of carbonyl (C=O) groups excluding carboxylic acids is 2. The van der Waals surface area contributed by atoms with E-state index in [2.05, 4.69) is 44.0 Å². The number of thioether (sulfide) groups is 1. The molecular weight excluding hydrogens is 617 g/mol. The minimum atomic E-state index is -4.63. The molecule has 3 rings (SSSR count). The van der Waals surface area contributed by atoms with Gasteiger partial charge < -0.3 is 10.6 Å². The Morgan fingerprint density at radius 1 is 1.05 bits per heavy atom. The molecule has 0 aliphatic heterocycles. The summed E-state index contributed by atoms with van der Waals surface area (Å²) in [6.45, 7) is 3.71. The van der Waals surface area contributed by atoms with Crippen molar-refractivity contribution in [3.8, 4) is 0 Å². The van der Waals surface area contributed by atoms with Crippen LogP contribution >= 0.6 is 39.3 Å². The standard InChI is InChI=1S/C27H25BrClF3N4O2S/c1-2-39-12-11-33-15-17-3-6-19(7-4-17)25(37)35-24-10-8-20(28)14-21(24)26(38)36-34-16-18-5-9-23(29)22(13-18)27(30,31)32/h3-10,13-14,16,33H,2,11-12,15H2,1H3,(H,35,37)(H,36,38)/b34-16+. The molecule has 12 heteroatoms. The van der Waals surface area contributed by atoms with Crippen LogP contribution in [-0.2, 0) is 12.7 Å². The SMILES string of the molecule is CCSCCNCc1ccc(C(=O)Nc2ccc(Br)cc2C(=O)N/N=C/c2ccc(Cl)c(C(F)(F)F)c2)cc1. The summed E-state index contributed by atoms with van der Waals surface area (Å²) in [5.41, 5.74) is 3.15. The van der Waals surface area contributed by atoms with Crippen LogP contribution in [0.15, 0.2) is 70.2 Å². The van der Waals surface area contributed by atoms with Crippen molar-refractivity contribution in [2.45, 2.75) is 19.6 Å². The molecule has 0 saturated carbocycles. The van der Waals surface area contributed by atoms with Crippen LogP contribution < -0.4 is 16.1 Å². The molecule has 3 aromatic rings. The third-order valence-electron chi connectivity index (χ3n) is 5.32. The van der Waals surface area contributed by atoms with E-state index in [1.807, 2.05) is 23.9 Å². The Hall–Kier alpha value is -2.86. The third-order valence-corrected chi connectivity index (χ3v) is 7.05. The van der Waals surface area contributed by atoms with Crippen molar-refractivity contribution < 1.29 is 22.8 Å². The van der Waals surface area contributed by atoms with Crippen LogP contribution in [0.3, 0.4) is 0 Å². The summed E-state index contributed by atoms with van der Waals surface area (Å²) < 4.78 is 39.8. The number of rotatable bonds is 11. The molecule has 3 aromatic carbocycles. The van der Waals surface area contributed by atoms with E-state index in [-0.39, 0.29) is 16.8 Å². The predicted octanol–water partition coefficient (Wildman–Crippen LogP) is 6.98. The molecule has 0 atom stereocenters. The zero-order valence-corrected chi connectivity index (χ0v) is 23.9. The maximum atomic E-state index is 13.1. The van der Waals surface area contributed by atoms with Crippen molar-refractivity contribution in [2.24, 2.45) is 5.10 Å². The van der Waals surface area contributed by atoms with Gasteiger partial charge in [-0.25, -0.2) is 5.43 Å². The number of hydrazone groups is 1. The first-order valence-electron chi connectivity index (χ1n) is 11.8. The van der Waals surface area contributed by atoms with E-state index in [0.717, 1.165) is 42.0 Å². The average molecular weight is 642 g/mol. The number of anilines is 1. The lowest BCUT2D eigenvalue weighted by Crippen LogP contribution is -2.21. The number of hydrogen-bond acceptors (Lipinski definition) is 5. The monoisotopic (exact) mass is 640 g/mol. The Labute approximate surface area is 241 Å². The number of halogens is 5. The number of carbonyl (C=O) groups is 2. The summed E-state index contributed by atoms with van der Waals surface area (Å²) in [7, 11) is 0. The summed E-state index contributed by atoms with van der Waals surface area (Å²) in [6.07, 6.45) is -3.56. The highest BCUT2D eigenvalue weighted by Crippen LogP contribution is 2.34. The maximum Gasteiger partial charge on any atom is 0.417 e. The smallest absolute Gasteiger partial charge is 0.321 e. The fourth-order valence-electron chi connectivity index (χ4n) is 3.37. The van der Waals surface area contributed by atoms with Crippen LogP contribution in [0.4, 0.5) is 18.9 Å². The van der Waals surface area contributed by atoms with Gasteiger partial charge in [0.1, 0.15) is 0 Å². The highest BCUT2D eigenvalue weighted by Gasteiger charge is 2.33. The van der Waals surface area contributed by atoms with E-state index in [9.17, 15) is 22.8 Å². The molecule has 0 bridgehead atoms. The van der Waals surface area contributed by atoms with Gasteiger partial charge in [-0.05, 0) is 59.3 Å². The maximum absolute atomic E-state index is 13.1. The van der Waals surface area contributed by atoms with Gasteiger partial charge in [-0.2, -0.15) is 30.0 Å². The van der Waals surface area contributed by atoms with Gasteiger partial charge in [0.15, 0.2) is 0 Å². The molecule has 0 aliphatic carbocycles. The van der Waals surface area contributed by atoms with Gasteiger partial charge in [0.25, 0.3) is 11.8 Å². The second-order valence-electron chi connectivity index (χ2n) is 8.15. The van der Waals surface area contributed by atoms with E-state index in [0.29, 0.717) is 16.6 Å². The van der Waals surface area contributed by atoms with Crippen LogP contribution in [-0.4, -0.2) is 36.1 Å². The van der Waals surface area contributed by atoms with Crippen LogP contribution in [0.2, 0.25) is 5.02 Å². The molecule has 0 radical (unpaired) electrons. The first-order valence-corrected chi connectivity index (χ1v) is 14.1. The van der Waals surface area contributed by atoms with Crippen molar-refractivity contribution in [3.05, 3.63) is 98.0 Å². The molecule has 0 aromatic heterocycles. The van der Waals surface area contributed by atoms with Crippen LogP contribution in [0.25, 0.3) is 0 Å². The van der Waals surface area contributed by atoms with Crippen LogP contribution in [0, 0.1) is 0 Å². The number of nitrogens with one attached hydrogen (secondary N) is 3. The molecule has 0 unspecified atom stereocenters. The Balaban J connectivity index is 1.66.